The van der Waals surface area contributed by atoms with Gasteiger partial charge in [0.05, 0.1) is 5.02 Å². The highest BCUT2D eigenvalue weighted by Gasteiger charge is 2.65. The number of hydrogen-bond acceptors (Lipinski definition) is 0. The van der Waals surface area contributed by atoms with Crippen molar-refractivity contribution in [2.45, 2.75) is 46.6 Å². The quantitative estimate of drug-likeness (QED) is 0.677. The van der Waals surface area contributed by atoms with Crippen LogP contribution in [0.15, 0.2) is 18.5 Å². The van der Waals surface area contributed by atoms with Crippen LogP contribution in [-0.2, 0) is 0 Å². The second-order valence-electron chi connectivity index (χ2n) is 6.87. The summed E-state index contributed by atoms with van der Waals surface area (Å²) in [5, 5.41) is 0.863. The Morgan fingerprint density at radius 3 is 2.47 bits per heavy atom. The Bertz CT molecular complexity index is 448. The van der Waals surface area contributed by atoms with E-state index in [2.05, 4.69) is 44.7 Å². The second kappa shape index (κ2) is 3.32. The van der Waals surface area contributed by atoms with Gasteiger partial charge in [-0.2, -0.15) is 0 Å². The lowest BCUT2D eigenvalue weighted by Gasteiger charge is -2.43. The first-order chi connectivity index (χ1) is 7.87. The summed E-state index contributed by atoms with van der Waals surface area (Å²) in [6, 6.07) is 2.63. The molecular weight excluding hydrogens is 230 g/mol. The summed E-state index contributed by atoms with van der Waals surface area (Å²) in [7, 11) is 0. The maximum Gasteiger partial charge on any atom is 0.0582 e. The molecule has 0 radical (unpaired) electrons. The average molecular weight is 252 g/mol. The van der Waals surface area contributed by atoms with Gasteiger partial charge in [0.1, 0.15) is 0 Å². The van der Waals surface area contributed by atoms with Crippen molar-refractivity contribution in [1.82, 2.24) is 4.57 Å². The minimum Gasteiger partial charge on any atom is -0.349 e. The van der Waals surface area contributed by atoms with E-state index in [1.165, 1.54) is 12.8 Å². The highest BCUT2D eigenvalue weighted by molar-refractivity contribution is 6.30. The van der Waals surface area contributed by atoms with Gasteiger partial charge in [0, 0.05) is 18.4 Å². The van der Waals surface area contributed by atoms with Crippen LogP contribution in [0, 0.1) is 22.7 Å². The average Bonchev–Trinajstić information content (AvgIpc) is 2.79. The van der Waals surface area contributed by atoms with Crippen molar-refractivity contribution < 1.29 is 0 Å². The van der Waals surface area contributed by atoms with Gasteiger partial charge in [0.25, 0.3) is 0 Å². The molecule has 4 unspecified atom stereocenters. The first-order valence-corrected chi connectivity index (χ1v) is 7.08. The molecule has 0 saturated heterocycles. The van der Waals surface area contributed by atoms with E-state index in [-0.39, 0.29) is 0 Å². The molecule has 1 nitrogen and oxygen atoms in total. The summed E-state index contributed by atoms with van der Waals surface area (Å²) in [5.41, 5.74) is 0.855. The number of fused-ring (bicyclic) bond motifs is 2. The molecule has 0 aliphatic heterocycles. The van der Waals surface area contributed by atoms with Gasteiger partial charge in [0.2, 0.25) is 0 Å². The lowest BCUT2D eigenvalue weighted by Crippen LogP contribution is -2.38. The number of hydrogen-bond donors (Lipinski definition) is 0. The molecule has 2 aliphatic rings. The summed E-state index contributed by atoms with van der Waals surface area (Å²) in [6.07, 6.45) is 6.97. The summed E-state index contributed by atoms with van der Waals surface area (Å²) in [5.74, 6) is 1.68. The predicted molar refractivity (Wildman–Crippen MR) is 72.3 cm³/mol. The van der Waals surface area contributed by atoms with Crippen LogP contribution in [0.25, 0.3) is 0 Å². The lowest BCUT2D eigenvalue weighted by molar-refractivity contribution is 0.0631. The first-order valence-electron chi connectivity index (χ1n) is 6.70. The fourth-order valence-electron chi connectivity index (χ4n) is 4.72. The Kier molecular flexibility index (Phi) is 2.27. The minimum absolute atomic E-state index is 0.403. The fraction of sp³-hybridized carbons (Fsp3) is 0.733. The molecule has 3 rings (SSSR count). The minimum atomic E-state index is 0.403. The monoisotopic (exact) mass is 251 g/mol. The molecule has 2 bridgehead atoms. The lowest BCUT2D eigenvalue weighted by atomic mass is 9.65. The van der Waals surface area contributed by atoms with Gasteiger partial charge in [-0.05, 0) is 41.6 Å². The van der Waals surface area contributed by atoms with Crippen molar-refractivity contribution >= 4 is 11.6 Å². The highest BCUT2D eigenvalue weighted by atomic mass is 35.5. The van der Waals surface area contributed by atoms with Crippen LogP contribution in [0.2, 0.25) is 5.02 Å². The Hall–Kier alpha value is -0.430. The van der Waals surface area contributed by atoms with E-state index in [4.69, 9.17) is 11.6 Å². The Morgan fingerprint density at radius 1 is 1.29 bits per heavy atom. The molecule has 1 aromatic heterocycles. The molecule has 1 heterocycles. The van der Waals surface area contributed by atoms with Crippen molar-refractivity contribution in [3.05, 3.63) is 23.5 Å². The SMILES string of the molecule is CC1CC2CC(n3ccc(Cl)c3)C1(C)C2(C)C. The van der Waals surface area contributed by atoms with Gasteiger partial charge < -0.3 is 4.57 Å². The molecule has 0 aromatic carbocycles. The van der Waals surface area contributed by atoms with Crippen LogP contribution in [0.1, 0.15) is 46.6 Å². The van der Waals surface area contributed by atoms with Gasteiger partial charge in [-0.1, -0.05) is 39.3 Å². The smallest absolute Gasteiger partial charge is 0.0582 e. The van der Waals surface area contributed by atoms with Crippen molar-refractivity contribution in [3.63, 3.8) is 0 Å². The number of rotatable bonds is 1. The Balaban J connectivity index is 2.05. The van der Waals surface area contributed by atoms with Gasteiger partial charge in [0.15, 0.2) is 0 Å². The standard InChI is InChI=1S/C15H22ClN/c1-10-7-11-8-13(15(10,4)14(11,2)3)17-6-5-12(16)9-17/h5-6,9-11,13H,7-8H2,1-4H3. The van der Waals surface area contributed by atoms with Crippen molar-refractivity contribution in [3.8, 4) is 0 Å². The van der Waals surface area contributed by atoms with Crippen molar-refractivity contribution in [2.75, 3.05) is 0 Å². The van der Waals surface area contributed by atoms with Crippen LogP contribution >= 0.6 is 11.6 Å². The highest BCUT2D eigenvalue weighted by Crippen LogP contribution is 2.71. The largest absolute Gasteiger partial charge is 0.349 e. The zero-order valence-electron chi connectivity index (χ0n) is 11.2. The molecular formula is C15H22ClN. The van der Waals surface area contributed by atoms with Crippen molar-refractivity contribution in [1.29, 1.82) is 0 Å². The third-order valence-electron chi connectivity index (χ3n) is 6.31. The second-order valence-corrected chi connectivity index (χ2v) is 7.30. The number of nitrogens with zero attached hydrogens (tertiary/aromatic N) is 1. The molecule has 1 aromatic rings. The van der Waals surface area contributed by atoms with Crippen LogP contribution in [0.4, 0.5) is 0 Å². The molecule has 2 aliphatic carbocycles. The molecule has 17 heavy (non-hydrogen) atoms. The van der Waals surface area contributed by atoms with E-state index in [1.54, 1.807) is 0 Å². The van der Waals surface area contributed by atoms with Gasteiger partial charge in [-0.15, -0.1) is 0 Å². The molecule has 2 fully saturated rings. The van der Waals surface area contributed by atoms with Gasteiger partial charge in [-0.3, -0.25) is 0 Å². The Labute approximate surface area is 109 Å². The zero-order valence-corrected chi connectivity index (χ0v) is 12.0. The van der Waals surface area contributed by atoms with Crippen molar-refractivity contribution in [2.24, 2.45) is 22.7 Å². The van der Waals surface area contributed by atoms with Gasteiger partial charge >= 0.3 is 0 Å². The molecule has 0 N–H and O–H groups in total. The van der Waals surface area contributed by atoms with E-state index in [1.807, 2.05) is 6.07 Å². The maximum atomic E-state index is 6.07. The van der Waals surface area contributed by atoms with E-state index < -0.39 is 0 Å². The summed E-state index contributed by atoms with van der Waals surface area (Å²) in [6.45, 7) is 9.85. The topological polar surface area (TPSA) is 4.93 Å². The van der Waals surface area contributed by atoms with Crippen LogP contribution in [0.5, 0.6) is 0 Å². The number of halogens is 1. The molecule has 94 valence electrons. The van der Waals surface area contributed by atoms with E-state index in [0.29, 0.717) is 16.9 Å². The zero-order chi connectivity index (χ0) is 12.4. The number of aromatic nitrogens is 1. The predicted octanol–water partition coefficient (Wildman–Crippen LogP) is 4.77. The van der Waals surface area contributed by atoms with E-state index >= 15 is 0 Å². The third kappa shape index (κ3) is 1.27. The van der Waals surface area contributed by atoms with Crippen LogP contribution in [-0.4, -0.2) is 4.57 Å². The maximum absolute atomic E-state index is 6.07. The fourth-order valence-corrected chi connectivity index (χ4v) is 4.88. The Morgan fingerprint density at radius 2 is 2.00 bits per heavy atom. The molecule has 4 atom stereocenters. The van der Waals surface area contributed by atoms with Gasteiger partial charge in [-0.25, -0.2) is 0 Å². The first kappa shape index (κ1) is 11.6. The normalized spacial score (nSPS) is 43.2. The molecule has 2 saturated carbocycles. The molecule has 2 heteroatoms. The van der Waals surface area contributed by atoms with Crippen LogP contribution in [0.3, 0.4) is 0 Å². The molecule has 0 spiro atoms. The summed E-state index contributed by atoms with van der Waals surface area (Å²) in [4.78, 5) is 0. The third-order valence-corrected chi connectivity index (χ3v) is 6.53. The van der Waals surface area contributed by atoms with E-state index in [9.17, 15) is 0 Å². The molecule has 0 amide bonds. The summed E-state index contributed by atoms with van der Waals surface area (Å²) < 4.78 is 2.36. The summed E-state index contributed by atoms with van der Waals surface area (Å²) >= 11 is 6.07. The van der Waals surface area contributed by atoms with E-state index in [0.717, 1.165) is 16.9 Å². The van der Waals surface area contributed by atoms with Crippen LogP contribution < -0.4 is 0 Å².